The molecule has 0 radical (unpaired) electrons. The fourth-order valence-electron chi connectivity index (χ4n) is 2.43. The van der Waals surface area contributed by atoms with E-state index in [0.717, 1.165) is 16.9 Å². The van der Waals surface area contributed by atoms with Crippen LogP contribution >= 0.6 is 11.8 Å². The van der Waals surface area contributed by atoms with Crippen LogP contribution in [-0.2, 0) is 10.5 Å². The van der Waals surface area contributed by atoms with E-state index in [4.69, 9.17) is 4.74 Å². The van der Waals surface area contributed by atoms with Gasteiger partial charge in [0, 0.05) is 17.9 Å². The molecule has 1 N–H and O–H groups in total. The van der Waals surface area contributed by atoms with Crippen molar-refractivity contribution in [1.29, 1.82) is 0 Å². The van der Waals surface area contributed by atoms with Crippen molar-refractivity contribution in [1.82, 2.24) is 5.43 Å². The monoisotopic (exact) mass is 421 g/mol. The van der Waals surface area contributed by atoms with E-state index >= 15 is 0 Å². The molecule has 0 aliphatic rings. The first-order chi connectivity index (χ1) is 14.6. The van der Waals surface area contributed by atoms with Gasteiger partial charge in [0.05, 0.1) is 16.9 Å². The Kier molecular flexibility index (Phi) is 7.57. The topological polar surface area (TPSA) is 93.8 Å². The van der Waals surface area contributed by atoms with Gasteiger partial charge < -0.3 is 4.74 Å². The first-order valence-corrected chi connectivity index (χ1v) is 10.2. The molecule has 0 aromatic heterocycles. The Hall–Kier alpha value is -3.65. The molecular formula is C22H19N3O4S. The normalized spacial score (nSPS) is 10.7. The van der Waals surface area contributed by atoms with Gasteiger partial charge in [0.15, 0.2) is 0 Å². The zero-order valence-electron chi connectivity index (χ0n) is 15.9. The number of nitrogens with one attached hydrogen (secondary N) is 1. The number of nitrogens with zero attached hydrogens (tertiary/aromatic N) is 2. The van der Waals surface area contributed by atoms with Crippen molar-refractivity contribution >= 4 is 29.6 Å². The number of ether oxygens (including phenoxy) is 1. The summed E-state index contributed by atoms with van der Waals surface area (Å²) in [6.07, 6.45) is 1.56. The van der Waals surface area contributed by atoms with E-state index in [1.54, 1.807) is 18.3 Å². The van der Waals surface area contributed by atoms with Crippen molar-refractivity contribution < 1.29 is 14.5 Å². The van der Waals surface area contributed by atoms with E-state index in [0.29, 0.717) is 11.5 Å². The summed E-state index contributed by atoms with van der Waals surface area (Å²) in [6.45, 7) is 0. The number of para-hydroxylation sites is 1. The fraction of sp³-hybridized carbons (Fsp3) is 0.0909. The molecule has 3 rings (SSSR count). The van der Waals surface area contributed by atoms with Crippen LogP contribution in [0.3, 0.4) is 0 Å². The molecule has 0 bridgehead atoms. The third-order valence-electron chi connectivity index (χ3n) is 3.91. The Labute approximate surface area is 177 Å². The zero-order chi connectivity index (χ0) is 21.2. The summed E-state index contributed by atoms with van der Waals surface area (Å²) >= 11 is 1.41. The van der Waals surface area contributed by atoms with Crippen molar-refractivity contribution in [3.05, 3.63) is 100 Å². The van der Waals surface area contributed by atoms with Gasteiger partial charge in [-0.2, -0.15) is 5.10 Å². The van der Waals surface area contributed by atoms with E-state index in [-0.39, 0.29) is 17.3 Å². The molecule has 3 aromatic carbocycles. The van der Waals surface area contributed by atoms with Crippen molar-refractivity contribution in [2.45, 2.75) is 5.75 Å². The summed E-state index contributed by atoms with van der Waals surface area (Å²) < 4.78 is 5.72. The molecular weight excluding hydrogens is 402 g/mol. The largest absolute Gasteiger partial charge is 0.457 e. The average Bonchev–Trinajstić information content (AvgIpc) is 2.76. The molecule has 7 nitrogen and oxygen atoms in total. The van der Waals surface area contributed by atoms with Gasteiger partial charge in [0.25, 0.3) is 5.69 Å². The third kappa shape index (κ3) is 6.75. The lowest BCUT2D eigenvalue weighted by Gasteiger charge is -2.05. The van der Waals surface area contributed by atoms with E-state index in [9.17, 15) is 14.9 Å². The standard InChI is InChI=1S/C22H19N3O4S/c26-22(16-30-15-18-6-10-19(11-7-18)25(27)28)24-23-14-17-8-12-21(13-9-17)29-20-4-2-1-3-5-20/h1-14H,15-16H2,(H,24,26)/b23-14-. The number of hydrazone groups is 1. The minimum Gasteiger partial charge on any atom is -0.457 e. The SMILES string of the molecule is O=C(CSCc1ccc([N+](=O)[O-])cc1)N/N=C\c1ccc(Oc2ccccc2)cc1. The number of nitro benzene ring substituents is 1. The van der Waals surface area contributed by atoms with Crippen LogP contribution in [0.1, 0.15) is 11.1 Å². The van der Waals surface area contributed by atoms with Gasteiger partial charge in [0.1, 0.15) is 11.5 Å². The molecule has 0 aliphatic heterocycles. The number of thioether (sulfide) groups is 1. The lowest BCUT2D eigenvalue weighted by atomic mass is 10.2. The summed E-state index contributed by atoms with van der Waals surface area (Å²) in [5.41, 5.74) is 4.28. The summed E-state index contributed by atoms with van der Waals surface area (Å²) in [5, 5.41) is 14.6. The quantitative estimate of drug-likeness (QED) is 0.305. The molecule has 0 aliphatic carbocycles. The molecule has 30 heavy (non-hydrogen) atoms. The summed E-state index contributed by atoms with van der Waals surface area (Å²) in [7, 11) is 0. The number of carbonyl (C=O) groups excluding carboxylic acids is 1. The minimum atomic E-state index is -0.438. The Morgan fingerprint density at radius 3 is 2.33 bits per heavy atom. The fourth-order valence-corrected chi connectivity index (χ4v) is 3.21. The molecule has 152 valence electrons. The highest BCUT2D eigenvalue weighted by Gasteiger charge is 2.05. The predicted octanol–water partition coefficient (Wildman–Crippen LogP) is 4.77. The molecule has 0 heterocycles. The maximum absolute atomic E-state index is 11.9. The Bertz CT molecular complexity index is 1010. The minimum absolute atomic E-state index is 0.0514. The highest BCUT2D eigenvalue weighted by molar-refractivity contribution is 7.99. The van der Waals surface area contributed by atoms with Gasteiger partial charge in [-0.25, -0.2) is 5.43 Å². The molecule has 3 aromatic rings. The van der Waals surface area contributed by atoms with E-state index < -0.39 is 4.92 Å². The maximum atomic E-state index is 11.9. The van der Waals surface area contributed by atoms with Crippen molar-refractivity contribution in [3.8, 4) is 11.5 Å². The smallest absolute Gasteiger partial charge is 0.269 e. The predicted molar refractivity (Wildman–Crippen MR) is 118 cm³/mol. The van der Waals surface area contributed by atoms with Gasteiger partial charge in [0.2, 0.25) is 5.91 Å². The Morgan fingerprint density at radius 2 is 1.67 bits per heavy atom. The molecule has 0 saturated carbocycles. The first kappa shape index (κ1) is 21.1. The number of rotatable bonds is 9. The van der Waals surface area contributed by atoms with Crippen LogP contribution < -0.4 is 10.2 Å². The van der Waals surface area contributed by atoms with E-state index in [1.807, 2.05) is 54.6 Å². The van der Waals surface area contributed by atoms with Gasteiger partial charge >= 0.3 is 0 Å². The number of carbonyl (C=O) groups is 1. The molecule has 0 fully saturated rings. The summed E-state index contributed by atoms with van der Waals surface area (Å²) in [6, 6.07) is 23.1. The van der Waals surface area contributed by atoms with Crippen LogP contribution in [0.2, 0.25) is 0 Å². The molecule has 0 unspecified atom stereocenters. The van der Waals surface area contributed by atoms with Gasteiger partial charge in [-0.1, -0.05) is 30.3 Å². The maximum Gasteiger partial charge on any atom is 0.269 e. The molecule has 0 saturated heterocycles. The average molecular weight is 421 g/mol. The molecule has 0 spiro atoms. The number of non-ortho nitro benzene ring substituents is 1. The molecule has 8 heteroatoms. The number of hydrogen-bond acceptors (Lipinski definition) is 6. The number of benzene rings is 3. The second kappa shape index (κ2) is 10.8. The zero-order valence-corrected chi connectivity index (χ0v) is 16.7. The lowest BCUT2D eigenvalue weighted by molar-refractivity contribution is -0.384. The highest BCUT2D eigenvalue weighted by atomic mass is 32.2. The Balaban J connectivity index is 1.39. The molecule has 0 atom stereocenters. The van der Waals surface area contributed by atoms with Crippen LogP contribution in [-0.4, -0.2) is 22.8 Å². The second-order valence-corrected chi connectivity index (χ2v) is 7.18. The van der Waals surface area contributed by atoms with Gasteiger partial charge in [-0.3, -0.25) is 14.9 Å². The summed E-state index contributed by atoms with van der Waals surface area (Å²) in [4.78, 5) is 22.1. The highest BCUT2D eigenvalue weighted by Crippen LogP contribution is 2.20. The van der Waals surface area contributed by atoms with Crippen LogP contribution in [0.25, 0.3) is 0 Å². The van der Waals surface area contributed by atoms with E-state index in [1.165, 1.54) is 23.9 Å². The van der Waals surface area contributed by atoms with Gasteiger partial charge in [-0.05, 0) is 47.5 Å². The van der Waals surface area contributed by atoms with Crippen LogP contribution in [0, 0.1) is 10.1 Å². The van der Waals surface area contributed by atoms with Crippen molar-refractivity contribution in [2.24, 2.45) is 5.10 Å². The number of nitro groups is 1. The first-order valence-electron chi connectivity index (χ1n) is 9.06. The lowest BCUT2D eigenvalue weighted by Crippen LogP contribution is -2.19. The van der Waals surface area contributed by atoms with Crippen LogP contribution in [0.4, 0.5) is 5.69 Å². The van der Waals surface area contributed by atoms with E-state index in [2.05, 4.69) is 10.5 Å². The van der Waals surface area contributed by atoms with Crippen molar-refractivity contribution in [3.63, 3.8) is 0 Å². The van der Waals surface area contributed by atoms with Crippen LogP contribution in [0.5, 0.6) is 11.5 Å². The van der Waals surface area contributed by atoms with Crippen molar-refractivity contribution in [2.75, 3.05) is 5.75 Å². The van der Waals surface area contributed by atoms with Gasteiger partial charge in [-0.15, -0.1) is 11.8 Å². The number of amides is 1. The molecule has 1 amide bonds. The third-order valence-corrected chi connectivity index (χ3v) is 4.91. The summed E-state index contributed by atoms with van der Waals surface area (Å²) in [5.74, 6) is 2.07. The second-order valence-electron chi connectivity index (χ2n) is 6.19. The Morgan fingerprint density at radius 1 is 1.00 bits per heavy atom. The number of hydrogen-bond donors (Lipinski definition) is 1. The van der Waals surface area contributed by atoms with Crippen LogP contribution in [0.15, 0.2) is 84.0 Å².